The summed E-state index contributed by atoms with van der Waals surface area (Å²) < 4.78 is 5.64. The Kier molecular flexibility index (Phi) is 6.38. The maximum absolute atomic E-state index is 5.64. The van der Waals surface area contributed by atoms with Crippen LogP contribution in [0.15, 0.2) is 30.3 Å². The lowest BCUT2D eigenvalue weighted by Crippen LogP contribution is -2.28. The molecular formula is C17H27NO. The van der Waals surface area contributed by atoms with Crippen LogP contribution >= 0.6 is 0 Å². The van der Waals surface area contributed by atoms with E-state index in [0.717, 1.165) is 13.2 Å². The van der Waals surface area contributed by atoms with E-state index in [-0.39, 0.29) is 0 Å². The normalized spacial score (nSPS) is 20.6. The maximum Gasteiger partial charge on any atom is 0.0576 e. The van der Waals surface area contributed by atoms with Gasteiger partial charge in [-0.15, -0.1) is 0 Å². The number of hydrogen-bond donors (Lipinski definition) is 1. The Labute approximate surface area is 117 Å². The van der Waals surface area contributed by atoms with Crippen molar-refractivity contribution in [3.05, 3.63) is 35.9 Å². The van der Waals surface area contributed by atoms with Gasteiger partial charge in [-0.2, -0.15) is 0 Å². The van der Waals surface area contributed by atoms with Gasteiger partial charge in [0, 0.05) is 12.6 Å². The van der Waals surface area contributed by atoms with Crippen molar-refractivity contribution >= 4 is 0 Å². The Hall–Kier alpha value is -0.860. The molecule has 2 unspecified atom stereocenters. The van der Waals surface area contributed by atoms with E-state index in [0.29, 0.717) is 12.1 Å². The molecule has 2 heteroatoms. The minimum atomic E-state index is 0.543. The van der Waals surface area contributed by atoms with Crippen LogP contribution < -0.4 is 5.32 Å². The predicted molar refractivity (Wildman–Crippen MR) is 80.4 cm³/mol. The summed E-state index contributed by atoms with van der Waals surface area (Å²) in [5.41, 5.74) is 1.44. The molecule has 0 saturated carbocycles. The van der Waals surface area contributed by atoms with Crippen LogP contribution in [0.1, 0.15) is 44.6 Å². The SMILES string of the molecule is CC(CCc1ccccc1)NCCCC1CCCO1. The van der Waals surface area contributed by atoms with E-state index in [2.05, 4.69) is 42.6 Å². The summed E-state index contributed by atoms with van der Waals surface area (Å²) in [6, 6.07) is 11.3. The lowest BCUT2D eigenvalue weighted by atomic mass is 10.1. The van der Waals surface area contributed by atoms with Crippen molar-refractivity contribution in [2.24, 2.45) is 0 Å². The van der Waals surface area contributed by atoms with Crippen molar-refractivity contribution in [3.8, 4) is 0 Å². The molecule has 2 rings (SSSR count). The first-order chi connectivity index (χ1) is 9.34. The molecular weight excluding hydrogens is 234 g/mol. The molecule has 1 saturated heterocycles. The summed E-state index contributed by atoms with van der Waals surface area (Å²) in [5, 5.41) is 3.62. The van der Waals surface area contributed by atoms with Crippen molar-refractivity contribution in [2.75, 3.05) is 13.2 Å². The molecule has 0 amide bonds. The van der Waals surface area contributed by atoms with Gasteiger partial charge in [0.1, 0.15) is 0 Å². The van der Waals surface area contributed by atoms with Gasteiger partial charge in [-0.3, -0.25) is 0 Å². The van der Waals surface area contributed by atoms with E-state index in [1.807, 2.05) is 0 Å². The quantitative estimate of drug-likeness (QED) is 0.723. The summed E-state index contributed by atoms with van der Waals surface area (Å²) >= 11 is 0. The van der Waals surface area contributed by atoms with E-state index in [4.69, 9.17) is 4.74 Å². The van der Waals surface area contributed by atoms with E-state index < -0.39 is 0 Å². The fourth-order valence-electron chi connectivity index (χ4n) is 2.68. The third-order valence-electron chi connectivity index (χ3n) is 3.93. The monoisotopic (exact) mass is 261 g/mol. The van der Waals surface area contributed by atoms with Gasteiger partial charge < -0.3 is 10.1 Å². The van der Waals surface area contributed by atoms with Crippen molar-refractivity contribution < 1.29 is 4.74 Å². The van der Waals surface area contributed by atoms with E-state index >= 15 is 0 Å². The predicted octanol–water partition coefficient (Wildman–Crippen LogP) is 3.56. The zero-order valence-corrected chi connectivity index (χ0v) is 12.1. The van der Waals surface area contributed by atoms with Gasteiger partial charge in [-0.25, -0.2) is 0 Å². The molecule has 1 N–H and O–H groups in total. The molecule has 1 aliphatic rings. The first-order valence-electron chi connectivity index (χ1n) is 7.73. The van der Waals surface area contributed by atoms with Crippen LogP contribution in [0.5, 0.6) is 0 Å². The summed E-state index contributed by atoms with van der Waals surface area (Å²) in [4.78, 5) is 0. The van der Waals surface area contributed by atoms with Crippen LogP contribution in [-0.4, -0.2) is 25.3 Å². The van der Waals surface area contributed by atoms with E-state index in [1.54, 1.807) is 0 Å². The molecule has 1 aromatic rings. The molecule has 1 aliphatic heterocycles. The van der Waals surface area contributed by atoms with Crippen molar-refractivity contribution in [1.29, 1.82) is 0 Å². The summed E-state index contributed by atoms with van der Waals surface area (Å²) in [6.07, 6.45) is 7.90. The highest BCUT2D eigenvalue weighted by molar-refractivity contribution is 5.14. The highest BCUT2D eigenvalue weighted by Crippen LogP contribution is 2.16. The molecule has 106 valence electrons. The third-order valence-corrected chi connectivity index (χ3v) is 3.93. The first kappa shape index (κ1) is 14.5. The summed E-state index contributed by atoms with van der Waals surface area (Å²) in [5.74, 6) is 0. The van der Waals surface area contributed by atoms with Gasteiger partial charge in [0.25, 0.3) is 0 Å². The minimum absolute atomic E-state index is 0.543. The van der Waals surface area contributed by atoms with Crippen LogP contribution in [0, 0.1) is 0 Å². The number of benzene rings is 1. The molecule has 1 aromatic carbocycles. The number of hydrogen-bond acceptors (Lipinski definition) is 2. The van der Waals surface area contributed by atoms with Gasteiger partial charge >= 0.3 is 0 Å². The first-order valence-corrected chi connectivity index (χ1v) is 7.73. The summed E-state index contributed by atoms with van der Waals surface area (Å²) in [7, 11) is 0. The Bertz CT molecular complexity index is 332. The van der Waals surface area contributed by atoms with Crippen molar-refractivity contribution in [1.82, 2.24) is 5.32 Å². The van der Waals surface area contributed by atoms with Crippen LogP contribution in [0.4, 0.5) is 0 Å². The lowest BCUT2D eigenvalue weighted by molar-refractivity contribution is 0.102. The topological polar surface area (TPSA) is 21.3 Å². The molecule has 0 aliphatic carbocycles. The van der Waals surface area contributed by atoms with Crippen molar-refractivity contribution in [2.45, 2.75) is 57.6 Å². The zero-order valence-electron chi connectivity index (χ0n) is 12.1. The molecule has 0 aromatic heterocycles. The molecule has 1 fully saturated rings. The zero-order chi connectivity index (χ0) is 13.3. The second-order valence-corrected chi connectivity index (χ2v) is 5.66. The fraction of sp³-hybridized carbons (Fsp3) is 0.647. The van der Waals surface area contributed by atoms with Crippen LogP contribution in [-0.2, 0) is 11.2 Å². The molecule has 0 bridgehead atoms. The number of ether oxygens (including phenoxy) is 1. The second-order valence-electron chi connectivity index (χ2n) is 5.66. The van der Waals surface area contributed by atoms with Gasteiger partial charge in [0.2, 0.25) is 0 Å². The van der Waals surface area contributed by atoms with Gasteiger partial charge in [-0.05, 0) is 57.6 Å². The van der Waals surface area contributed by atoms with Crippen LogP contribution in [0.25, 0.3) is 0 Å². The van der Waals surface area contributed by atoms with Crippen molar-refractivity contribution in [3.63, 3.8) is 0 Å². The Morgan fingerprint density at radius 2 is 2.16 bits per heavy atom. The summed E-state index contributed by atoms with van der Waals surface area (Å²) in [6.45, 7) is 4.39. The molecule has 0 spiro atoms. The number of nitrogens with one attached hydrogen (secondary N) is 1. The maximum atomic E-state index is 5.64. The average Bonchev–Trinajstić information content (AvgIpc) is 2.96. The third kappa shape index (κ3) is 5.75. The molecule has 1 heterocycles. The molecule has 19 heavy (non-hydrogen) atoms. The second kappa shape index (κ2) is 8.34. The molecule has 2 atom stereocenters. The molecule has 2 nitrogen and oxygen atoms in total. The standard InChI is InChI=1S/C17H27NO/c1-15(11-12-16-7-3-2-4-8-16)18-13-5-9-17-10-6-14-19-17/h2-4,7-8,15,17-18H,5-6,9-14H2,1H3. The number of rotatable bonds is 8. The van der Waals surface area contributed by atoms with E-state index in [9.17, 15) is 0 Å². The van der Waals surface area contributed by atoms with Gasteiger partial charge in [0.05, 0.1) is 6.10 Å². The van der Waals surface area contributed by atoms with Gasteiger partial charge in [0.15, 0.2) is 0 Å². The van der Waals surface area contributed by atoms with Crippen LogP contribution in [0.3, 0.4) is 0 Å². The molecule has 0 radical (unpaired) electrons. The number of aryl methyl sites for hydroxylation is 1. The highest BCUT2D eigenvalue weighted by atomic mass is 16.5. The fourth-order valence-corrected chi connectivity index (χ4v) is 2.68. The highest BCUT2D eigenvalue weighted by Gasteiger charge is 2.14. The smallest absolute Gasteiger partial charge is 0.0576 e. The van der Waals surface area contributed by atoms with E-state index in [1.165, 1.54) is 44.1 Å². The minimum Gasteiger partial charge on any atom is -0.378 e. The Morgan fingerprint density at radius 3 is 2.89 bits per heavy atom. The largest absolute Gasteiger partial charge is 0.378 e. The Balaban J connectivity index is 1.51. The average molecular weight is 261 g/mol. The van der Waals surface area contributed by atoms with Crippen LogP contribution in [0.2, 0.25) is 0 Å². The Morgan fingerprint density at radius 1 is 1.32 bits per heavy atom. The lowest BCUT2D eigenvalue weighted by Gasteiger charge is -2.15. The van der Waals surface area contributed by atoms with Gasteiger partial charge in [-0.1, -0.05) is 30.3 Å².